The van der Waals surface area contributed by atoms with Gasteiger partial charge in [-0.2, -0.15) is 0 Å². The number of fused-ring (bicyclic) bond motifs is 1. The zero-order valence-electron chi connectivity index (χ0n) is 17.2. The highest BCUT2D eigenvalue weighted by molar-refractivity contribution is 5.97. The van der Waals surface area contributed by atoms with E-state index in [0.29, 0.717) is 23.5 Å². The van der Waals surface area contributed by atoms with E-state index in [9.17, 15) is 14.4 Å². The van der Waals surface area contributed by atoms with Crippen LogP contribution in [0.25, 0.3) is 11.0 Å². The van der Waals surface area contributed by atoms with Crippen molar-refractivity contribution in [1.82, 2.24) is 5.32 Å². The quantitative estimate of drug-likeness (QED) is 0.252. The van der Waals surface area contributed by atoms with Crippen LogP contribution in [0.15, 0.2) is 51.7 Å². The summed E-state index contributed by atoms with van der Waals surface area (Å²) >= 11 is 0. The van der Waals surface area contributed by atoms with Gasteiger partial charge in [0.1, 0.15) is 28.4 Å². The molecular weight excluding hydrogens is 406 g/mol. The Labute approximate surface area is 177 Å². The first-order valence-electron chi connectivity index (χ1n) is 9.25. The molecule has 162 valence electrons. The summed E-state index contributed by atoms with van der Waals surface area (Å²) in [7, 11) is 4.45. The van der Waals surface area contributed by atoms with E-state index in [0.717, 1.165) is 0 Å². The molecule has 1 N–H and O–H groups in total. The number of carbonyl (C=O) groups excluding carboxylic acids is 2. The van der Waals surface area contributed by atoms with Crippen LogP contribution >= 0.6 is 0 Å². The Bertz CT molecular complexity index is 1150. The molecule has 0 atom stereocenters. The van der Waals surface area contributed by atoms with Gasteiger partial charge in [0.05, 0.1) is 26.4 Å². The van der Waals surface area contributed by atoms with Gasteiger partial charge in [0.25, 0.3) is 5.91 Å². The van der Waals surface area contributed by atoms with Crippen molar-refractivity contribution in [1.29, 1.82) is 0 Å². The van der Waals surface area contributed by atoms with Crippen LogP contribution in [0.2, 0.25) is 0 Å². The highest BCUT2D eigenvalue weighted by atomic mass is 16.5. The van der Waals surface area contributed by atoms with Crippen LogP contribution in [-0.2, 0) is 4.74 Å². The first kappa shape index (κ1) is 21.8. The Kier molecular flexibility index (Phi) is 6.88. The van der Waals surface area contributed by atoms with Crippen molar-refractivity contribution in [2.75, 3.05) is 34.5 Å². The van der Waals surface area contributed by atoms with Crippen molar-refractivity contribution in [2.45, 2.75) is 0 Å². The Hall–Kier alpha value is -3.85. The van der Waals surface area contributed by atoms with Crippen LogP contribution in [0.1, 0.15) is 20.7 Å². The molecule has 2 aromatic carbocycles. The summed E-state index contributed by atoms with van der Waals surface area (Å²) in [6, 6.07) is 10.6. The molecule has 0 saturated heterocycles. The molecule has 0 unspecified atom stereocenters. The Balaban J connectivity index is 1.83. The summed E-state index contributed by atoms with van der Waals surface area (Å²) in [6.07, 6.45) is 0. The fraction of sp³-hybridized carbons (Fsp3) is 0.227. The molecule has 0 aliphatic rings. The molecular formula is C22H21NO8. The van der Waals surface area contributed by atoms with Crippen molar-refractivity contribution in [3.63, 3.8) is 0 Å². The monoisotopic (exact) mass is 427 g/mol. The van der Waals surface area contributed by atoms with Gasteiger partial charge in [0, 0.05) is 31.2 Å². The van der Waals surface area contributed by atoms with Crippen molar-refractivity contribution < 1.29 is 33.0 Å². The molecule has 1 heterocycles. The molecule has 3 aromatic rings. The molecule has 9 heteroatoms. The van der Waals surface area contributed by atoms with Gasteiger partial charge in [-0.15, -0.1) is 0 Å². The summed E-state index contributed by atoms with van der Waals surface area (Å²) in [5, 5.41) is 3.07. The van der Waals surface area contributed by atoms with E-state index in [1.807, 2.05) is 0 Å². The van der Waals surface area contributed by atoms with Crippen molar-refractivity contribution in [3.8, 4) is 17.2 Å². The lowest BCUT2D eigenvalue weighted by molar-refractivity contribution is 0.0734. The van der Waals surface area contributed by atoms with E-state index < -0.39 is 17.5 Å². The van der Waals surface area contributed by atoms with E-state index in [1.165, 1.54) is 51.7 Å². The fourth-order valence-corrected chi connectivity index (χ4v) is 2.77. The van der Waals surface area contributed by atoms with Crippen molar-refractivity contribution in [2.24, 2.45) is 0 Å². The predicted octanol–water partition coefficient (Wildman–Crippen LogP) is 2.41. The van der Waals surface area contributed by atoms with Gasteiger partial charge in [-0.1, -0.05) is 0 Å². The number of ether oxygens (including phenoxy) is 4. The molecule has 0 bridgehead atoms. The maximum atomic E-state index is 12.5. The Morgan fingerprint density at radius 3 is 2.29 bits per heavy atom. The summed E-state index contributed by atoms with van der Waals surface area (Å²) in [5.74, 6) is -0.165. The molecule has 0 radical (unpaired) electrons. The van der Waals surface area contributed by atoms with Crippen LogP contribution < -0.4 is 25.2 Å². The summed E-state index contributed by atoms with van der Waals surface area (Å²) in [4.78, 5) is 36.9. The summed E-state index contributed by atoms with van der Waals surface area (Å²) in [6.45, 7) is 0.579. The highest BCUT2D eigenvalue weighted by Gasteiger charge is 2.16. The Morgan fingerprint density at radius 2 is 1.65 bits per heavy atom. The number of nitrogens with one attached hydrogen (secondary N) is 1. The van der Waals surface area contributed by atoms with E-state index in [2.05, 4.69) is 5.32 Å². The molecule has 0 aliphatic carbocycles. The number of esters is 1. The van der Waals surface area contributed by atoms with Crippen LogP contribution in [0.4, 0.5) is 0 Å². The number of hydrogen-bond acceptors (Lipinski definition) is 8. The van der Waals surface area contributed by atoms with Gasteiger partial charge in [-0.3, -0.25) is 4.79 Å². The number of rotatable bonds is 8. The average Bonchev–Trinajstić information content (AvgIpc) is 2.78. The topological polar surface area (TPSA) is 113 Å². The fourth-order valence-electron chi connectivity index (χ4n) is 2.77. The van der Waals surface area contributed by atoms with Gasteiger partial charge >= 0.3 is 11.6 Å². The molecule has 3 rings (SSSR count). The van der Waals surface area contributed by atoms with Gasteiger partial charge < -0.3 is 28.7 Å². The van der Waals surface area contributed by atoms with Gasteiger partial charge in [0.15, 0.2) is 0 Å². The largest absolute Gasteiger partial charge is 0.497 e. The molecule has 31 heavy (non-hydrogen) atoms. The lowest BCUT2D eigenvalue weighted by Gasteiger charge is -2.09. The van der Waals surface area contributed by atoms with Crippen LogP contribution in [-0.4, -0.2) is 46.4 Å². The second-order valence-electron chi connectivity index (χ2n) is 6.39. The minimum absolute atomic E-state index is 0.128. The second kappa shape index (κ2) is 9.77. The molecule has 1 aromatic heterocycles. The standard InChI is InChI=1S/C22H21NO8/c1-27-7-6-23-20(24)18-10-13-4-5-15(12-19(13)31-22(18)26)30-21(25)14-8-16(28-2)11-17(9-14)29-3/h4-5,8-12H,6-7H2,1-3H3,(H,23,24). The van der Waals surface area contributed by atoms with E-state index in [-0.39, 0.29) is 29.0 Å². The zero-order valence-corrected chi connectivity index (χ0v) is 17.2. The third-order valence-corrected chi connectivity index (χ3v) is 4.34. The number of benzene rings is 2. The van der Waals surface area contributed by atoms with E-state index in [1.54, 1.807) is 12.1 Å². The summed E-state index contributed by atoms with van der Waals surface area (Å²) < 4.78 is 25.8. The molecule has 0 saturated carbocycles. The minimum atomic E-state index is -0.802. The molecule has 1 amide bonds. The first-order valence-corrected chi connectivity index (χ1v) is 9.25. The van der Waals surface area contributed by atoms with Crippen LogP contribution in [0.3, 0.4) is 0 Å². The minimum Gasteiger partial charge on any atom is -0.497 e. The van der Waals surface area contributed by atoms with Crippen LogP contribution in [0, 0.1) is 0 Å². The average molecular weight is 427 g/mol. The number of methoxy groups -OCH3 is 3. The van der Waals surface area contributed by atoms with Crippen molar-refractivity contribution >= 4 is 22.8 Å². The molecule has 0 fully saturated rings. The van der Waals surface area contributed by atoms with Crippen LogP contribution in [0.5, 0.6) is 17.2 Å². The summed E-state index contributed by atoms with van der Waals surface area (Å²) in [5.41, 5.74) is -0.534. The lowest BCUT2D eigenvalue weighted by Crippen LogP contribution is -2.30. The third-order valence-electron chi connectivity index (χ3n) is 4.34. The molecule has 0 aliphatic heterocycles. The second-order valence-corrected chi connectivity index (χ2v) is 6.39. The smallest absolute Gasteiger partial charge is 0.349 e. The van der Waals surface area contributed by atoms with E-state index in [4.69, 9.17) is 23.4 Å². The third kappa shape index (κ3) is 5.20. The zero-order chi connectivity index (χ0) is 22.4. The number of hydrogen-bond donors (Lipinski definition) is 1. The molecule has 0 spiro atoms. The first-order chi connectivity index (χ1) is 14.9. The van der Waals surface area contributed by atoms with Gasteiger partial charge in [-0.05, 0) is 30.3 Å². The maximum absolute atomic E-state index is 12.5. The predicted molar refractivity (Wildman–Crippen MR) is 111 cm³/mol. The normalized spacial score (nSPS) is 10.5. The number of amides is 1. The SMILES string of the molecule is COCCNC(=O)c1cc2ccc(OC(=O)c3cc(OC)cc(OC)c3)cc2oc1=O. The van der Waals surface area contributed by atoms with E-state index >= 15 is 0 Å². The Morgan fingerprint density at radius 1 is 0.935 bits per heavy atom. The highest BCUT2D eigenvalue weighted by Crippen LogP contribution is 2.25. The number of carbonyl (C=O) groups is 2. The maximum Gasteiger partial charge on any atom is 0.349 e. The van der Waals surface area contributed by atoms with Gasteiger partial charge in [-0.25, -0.2) is 9.59 Å². The van der Waals surface area contributed by atoms with Crippen molar-refractivity contribution in [3.05, 3.63) is 64.0 Å². The lowest BCUT2D eigenvalue weighted by atomic mass is 10.1. The van der Waals surface area contributed by atoms with Gasteiger partial charge in [0.2, 0.25) is 0 Å². The molecule has 9 nitrogen and oxygen atoms in total.